The van der Waals surface area contributed by atoms with Gasteiger partial charge < -0.3 is 15.0 Å². The van der Waals surface area contributed by atoms with Crippen LogP contribution < -0.4 is 0 Å². The van der Waals surface area contributed by atoms with Gasteiger partial charge in [0.1, 0.15) is 0 Å². The normalized spacial score (nSPS) is 10.8. The Labute approximate surface area is 159 Å². The molecule has 3 rings (SSSR count). The first kappa shape index (κ1) is 18.6. The summed E-state index contributed by atoms with van der Waals surface area (Å²) in [4.78, 5) is 24.4. The lowest BCUT2D eigenvalue weighted by Crippen LogP contribution is -2.27. The predicted octanol–water partition coefficient (Wildman–Crippen LogP) is 2.50. The molecule has 3 aromatic rings. The number of aryl methyl sites for hydroxylation is 1. The number of hydrogen-bond donors (Lipinski definition) is 0. The number of carbonyl (C=O) groups is 1. The van der Waals surface area contributed by atoms with Gasteiger partial charge in [0.05, 0.1) is 30.1 Å². The molecule has 9 nitrogen and oxygen atoms in total. The Morgan fingerprint density at radius 1 is 1.30 bits per heavy atom. The van der Waals surface area contributed by atoms with Gasteiger partial charge in [-0.3, -0.25) is 9.48 Å². The van der Waals surface area contributed by atoms with Crippen molar-refractivity contribution in [3.8, 4) is 0 Å². The molecule has 2 heterocycles. The average Bonchev–Trinajstić information content (AvgIpc) is 3.20. The quantitative estimate of drug-likeness (QED) is 0.477. The van der Waals surface area contributed by atoms with Crippen LogP contribution in [0.3, 0.4) is 0 Å². The lowest BCUT2D eigenvalue weighted by atomic mass is 10.1. The summed E-state index contributed by atoms with van der Waals surface area (Å²) in [5.41, 5.74) is 2.32. The SMILES string of the molecule is CN(Cc1ccnn1C)C(=O)c1ccc(Cn2cc(Cl)c([N+](=O)[O-])n2)cc1. The second-order valence-electron chi connectivity index (χ2n) is 6.06. The summed E-state index contributed by atoms with van der Waals surface area (Å²) in [7, 11) is 3.56. The molecule has 27 heavy (non-hydrogen) atoms. The molecule has 1 amide bonds. The Balaban J connectivity index is 1.67. The molecule has 0 saturated heterocycles. The fraction of sp³-hybridized carbons (Fsp3) is 0.235. The van der Waals surface area contributed by atoms with Crippen LogP contribution in [0.15, 0.2) is 42.7 Å². The molecular weight excluding hydrogens is 372 g/mol. The van der Waals surface area contributed by atoms with Crippen LogP contribution in [0.25, 0.3) is 0 Å². The smallest absolute Gasteiger partial charge is 0.358 e. The number of nitro groups is 1. The Kier molecular flexibility index (Phi) is 5.22. The van der Waals surface area contributed by atoms with Crippen molar-refractivity contribution in [3.63, 3.8) is 0 Å². The molecule has 0 bridgehead atoms. The van der Waals surface area contributed by atoms with E-state index >= 15 is 0 Å². The first-order valence-electron chi connectivity index (χ1n) is 8.04. The number of amides is 1. The molecule has 140 valence electrons. The number of hydrogen-bond acceptors (Lipinski definition) is 5. The lowest BCUT2D eigenvalue weighted by Gasteiger charge is -2.17. The van der Waals surface area contributed by atoms with Crippen LogP contribution in [0.4, 0.5) is 5.82 Å². The number of rotatable bonds is 6. The Hall–Kier alpha value is -3.20. The van der Waals surface area contributed by atoms with Crippen molar-refractivity contribution in [1.29, 1.82) is 0 Å². The van der Waals surface area contributed by atoms with Gasteiger partial charge in [-0.25, -0.2) is 0 Å². The standard InChI is InChI=1S/C17H17ClN6O3/c1-21(10-14-7-8-19-22(14)2)17(25)13-5-3-12(4-6-13)9-23-11-15(18)16(20-23)24(26)27/h3-8,11H,9-10H2,1-2H3. The van der Waals surface area contributed by atoms with Gasteiger partial charge in [-0.15, -0.1) is 0 Å². The fourth-order valence-electron chi connectivity index (χ4n) is 2.62. The van der Waals surface area contributed by atoms with E-state index in [0.717, 1.165) is 11.3 Å². The number of nitrogens with zero attached hydrogens (tertiary/aromatic N) is 6. The second kappa shape index (κ2) is 7.58. The Morgan fingerprint density at radius 2 is 2.00 bits per heavy atom. The fourth-order valence-corrected chi connectivity index (χ4v) is 2.84. The summed E-state index contributed by atoms with van der Waals surface area (Å²) < 4.78 is 3.12. The molecule has 0 radical (unpaired) electrons. The maximum Gasteiger partial charge on any atom is 0.408 e. The maximum atomic E-state index is 12.6. The number of halogens is 1. The average molecular weight is 389 g/mol. The van der Waals surface area contributed by atoms with Gasteiger partial charge in [0.25, 0.3) is 5.91 Å². The first-order chi connectivity index (χ1) is 12.8. The summed E-state index contributed by atoms with van der Waals surface area (Å²) in [5, 5.41) is 18.7. The second-order valence-corrected chi connectivity index (χ2v) is 6.47. The summed E-state index contributed by atoms with van der Waals surface area (Å²) in [6.45, 7) is 0.763. The van der Waals surface area contributed by atoms with Crippen LogP contribution in [0.5, 0.6) is 0 Å². The highest BCUT2D eigenvalue weighted by Crippen LogP contribution is 2.22. The minimum Gasteiger partial charge on any atom is -0.358 e. The van der Waals surface area contributed by atoms with E-state index in [2.05, 4.69) is 10.2 Å². The van der Waals surface area contributed by atoms with E-state index in [9.17, 15) is 14.9 Å². The third-order valence-corrected chi connectivity index (χ3v) is 4.35. The van der Waals surface area contributed by atoms with Crippen molar-refractivity contribution < 1.29 is 9.72 Å². The van der Waals surface area contributed by atoms with E-state index in [1.807, 2.05) is 13.1 Å². The van der Waals surface area contributed by atoms with E-state index < -0.39 is 4.92 Å². The minimum atomic E-state index is -0.626. The molecule has 0 aliphatic rings. The molecule has 0 atom stereocenters. The Morgan fingerprint density at radius 3 is 2.56 bits per heavy atom. The number of benzene rings is 1. The van der Waals surface area contributed by atoms with Crippen LogP contribution >= 0.6 is 11.6 Å². The molecule has 10 heteroatoms. The van der Waals surface area contributed by atoms with E-state index in [-0.39, 0.29) is 16.7 Å². The summed E-state index contributed by atoms with van der Waals surface area (Å²) in [6, 6.07) is 8.87. The van der Waals surface area contributed by atoms with Crippen LogP contribution in [0.2, 0.25) is 5.02 Å². The zero-order valence-corrected chi connectivity index (χ0v) is 15.5. The van der Waals surface area contributed by atoms with Gasteiger partial charge in [0.15, 0.2) is 5.02 Å². The lowest BCUT2D eigenvalue weighted by molar-refractivity contribution is -0.389. The van der Waals surface area contributed by atoms with Crippen molar-refractivity contribution in [2.45, 2.75) is 13.1 Å². The number of carbonyl (C=O) groups excluding carboxylic acids is 1. The van der Waals surface area contributed by atoms with E-state index in [1.165, 1.54) is 10.9 Å². The highest BCUT2D eigenvalue weighted by molar-refractivity contribution is 6.32. The minimum absolute atomic E-state index is 0.0106. The molecule has 0 unspecified atom stereocenters. The molecule has 0 N–H and O–H groups in total. The predicted molar refractivity (Wildman–Crippen MR) is 98.4 cm³/mol. The molecule has 1 aromatic carbocycles. The van der Waals surface area contributed by atoms with Crippen molar-refractivity contribution in [1.82, 2.24) is 24.5 Å². The molecule has 0 aliphatic heterocycles. The van der Waals surface area contributed by atoms with Gasteiger partial charge in [-0.05, 0) is 28.7 Å². The van der Waals surface area contributed by atoms with Gasteiger partial charge in [0.2, 0.25) is 0 Å². The molecule has 2 aromatic heterocycles. The van der Waals surface area contributed by atoms with Crippen molar-refractivity contribution in [2.75, 3.05) is 7.05 Å². The summed E-state index contributed by atoms with van der Waals surface area (Å²) in [5.74, 6) is -0.485. The Bertz CT molecular complexity index is 979. The molecular formula is C17H17ClN6O3. The van der Waals surface area contributed by atoms with Crippen molar-refractivity contribution in [3.05, 3.63) is 74.7 Å². The highest BCUT2D eigenvalue weighted by atomic mass is 35.5. The topological polar surface area (TPSA) is 99.1 Å². The van der Waals surface area contributed by atoms with Crippen LogP contribution in [0, 0.1) is 10.1 Å². The van der Waals surface area contributed by atoms with Crippen LogP contribution in [-0.2, 0) is 20.1 Å². The largest absolute Gasteiger partial charge is 0.408 e. The first-order valence-corrected chi connectivity index (χ1v) is 8.41. The molecule has 0 saturated carbocycles. The van der Waals surface area contributed by atoms with Gasteiger partial charge in [0, 0.05) is 25.9 Å². The van der Waals surface area contributed by atoms with E-state index in [1.54, 1.807) is 47.1 Å². The van der Waals surface area contributed by atoms with Gasteiger partial charge >= 0.3 is 5.82 Å². The zero-order valence-electron chi connectivity index (χ0n) is 14.7. The van der Waals surface area contributed by atoms with Crippen molar-refractivity contribution in [2.24, 2.45) is 7.05 Å². The third-order valence-electron chi connectivity index (χ3n) is 4.09. The maximum absolute atomic E-state index is 12.6. The van der Waals surface area contributed by atoms with E-state index in [0.29, 0.717) is 18.7 Å². The van der Waals surface area contributed by atoms with Crippen molar-refractivity contribution >= 4 is 23.3 Å². The molecule has 0 aliphatic carbocycles. The van der Waals surface area contributed by atoms with Gasteiger partial charge in [-0.2, -0.15) is 9.78 Å². The van der Waals surface area contributed by atoms with Gasteiger partial charge in [-0.1, -0.05) is 23.7 Å². The monoisotopic (exact) mass is 388 g/mol. The third kappa shape index (κ3) is 4.14. The molecule has 0 fully saturated rings. The summed E-state index contributed by atoms with van der Waals surface area (Å²) >= 11 is 5.80. The van der Waals surface area contributed by atoms with Crippen LogP contribution in [-0.4, -0.2) is 42.3 Å². The highest BCUT2D eigenvalue weighted by Gasteiger charge is 2.19. The van der Waals surface area contributed by atoms with E-state index in [4.69, 9.17) is 11.6 Å². The molecule has 0 spiro atoms. The zero-order chi connectivity index (χ0) is 19.6. The number of aromatic nitrogens is 4. The summed E-state index contributed by atoms with van der Waals surface area (Å²) in [6.07, 6.45) is 3.09. The van der Waals surface area contributed by atoms with Crippen LogP contribution in [0.1, 0.15) is 21.6 Å².